The number of hydrogen-bond donors (Lipinski definition) is 2. The second kappa shape index (κ2) is 5.58. The van der Waals surface area contributed by atoms with Crippen LogP contribution >= 0.6 is 0 Å². The van der Waals surface area contributed by atoms with E-state index in [1.54, 1.807) is 6.07 Å². The Bertz CT molecular complexity index is 776. The highest BCUT2D eigenvalue weighted by Crippen LogP contribution is 2.57. The summed E-state index contributed by atoms with van der Waals surface area (Å²) in [5.41, 5.74) is 14.1. The topological polar surface area (TPSA) is 52.0 Å². The zero-order valence-electron chi connectivity index (χ0n) is 13.8. The summed E-state index contributed by atoms with van der Waals surface area (Å²) >= 11 is 0. The van der Waals surface area contributed by atoms with Gasteiger partial charge in [0.2, 0.25) is 0 Å². The van der Waals surface area contributed by atoms with E-state index in [1.165, 1.54) is 17.7 Å². The number of alkyl halides is 3. The van der Waals surface area contributed by atoms with Crippen molar-refractivity contribution in [2.75, 3.05) is 0 Å². The highest BCUT2D eigenvalue weighted by Gasteiger charge is 2.56. The maximum absolute atomic E-state index is 12.9. The number of rotatable bonds is 3. The minimum absolute atomic E-state index is 0.121. The lowest BCUT2D eigenvalue weighted by Gasteiger charge is -2.44. The van der Waals surface area contributed by atoms with Gasteiger partial charge in [-0.1, -0.05) is 36.4 Å². The summed E-state index contributed by atoms with van der Waals surface area (Å²) in [6.07, 6.45) is -1.48. The van der Waals surface area contributed by atoms with Crippen LogP contribution in [0.25, 0.3) is 11.1 Å². The molecule has 0 saturated heterocycles. The molecule has 2 unspecified atom stereocenters. The molecule has 25 heavy (non-hydrogen) atoms. The average molecular weight is 346 g/mol. The molecule has 0 bridgehead atoms. The van der Waals surface area contributed by atoms with Crippen LogP contribution in [0.3, 0.4) is 0 Å². The van der Waals surface area contributed by atoms with Gasteiger partial charge < -0.3 is 11.5 Å². The Kier molecular flexibility index (Phi) is 3.71. The summed E-state index contributed by atoms with van der Waals surface area (Å²) in [7, 11) is 0. The van der Waals surface area contributed by atoms with Gasteiger partial charge in [0.25, 0.3) is 0 Å². The molecule has 2 nitrogen and oxygen atoms in total. The van der Waals surface area contributed by atoms with Gasteiger partial charge in [-0.15, -0.1) is 0 Å². The fourth-order valence-corrected chi connectivity index (χ4v) is 4.22. The maximum atomic E-state index is 12.9. The molecule has 2 saturated carbocycles. The second-order valence-corrected chi connectivity index (χ2v) is 7.55. The lowest BCUT2D eigenvalue weighted by molar-refractivity contribution is -0.137. The third kappa shape index (κ3) is 3.07. The van der Waals surface area contributed by atoms with Crippen LogP contribution in [0, 0.1) is 5.92 Å². The molecule has 4 rings (SSSR count). The van der Waals surface area contributed by atoms with Crippen LogP contribution in [0.2, 0.25) is 0 Å². The molecular weight excluding hydrogens is 325 g/mol. The zero-order valence-corrected chi connectivity index (χ0v) is 13.8. The third-order valence-corrected chi connectivity index (χ3v) is 5.68. The van der Waals surface area contributed by atoms with Crippen molar-refractivity contribution in [1.29, 1.82) is 0 Å². The highest BCUT2D eigenvalue weighted by molar-refractivity contribution is 5.65. The van der Waals surface area contributed by atoms with Crippen molar-refractivity contribution in [3.8, 4) is 11.1 Å². The van der Waals surface area contributed by atoms with Crippen molar-refractivity contribution in [3.63, 3.8) is 0 Å². The summed E-state index contributed by atoms with van der Waals surface area (Å²) in [6.45, 7) is 0. The van der Waals surface area contributed by atoms with Gasteiger partial charge in [-0.3, -0.25) is 0 Å². The first kappa shape index (κ1) is 16.6. The van der Waals surface area contributed by atoms with Crippen LogP contribution < -0.4 is 11.5 Å². The minimum atomic E-state index is -4.32. The van der Waals surface area contributed by atoms with Crippen LogP contribution in [-0.4, -0.2) is 11.6 Å². The Morgan fingerprint density at radius 1 is 0.960 bits per heavy atom. The van der Waals surface area contributed by atoms with Gasteiger partial charge >= 0.3 is 6.18 Å². The molecule has 0 radical (unpaired) electrons. The fourth-order valence-electron chi connectivity index (χ4n) is 4.22. The van der Waals surface area contributed by atoms with E-state index >= 15 is 0 Å². The van der Waals surface area contributed by atoms with Crippen LogP contribution in [0.4, 0.5) is 13.2 Å². The normalized spacial score (nSPS) is 31.5. The van der Waals surface area contributed by atoms with Crippen LogP contribution in [-0.2, 0) is 6.18 Å². The first-order chi connectivity index (χ1) is 11.8. The molecule has 0 aliphatic heterocycles. The molecule has 2 atom stereocenters. The molecule has 5 heteroatoms. The number of hydrogen-bond acceptors (Lipinski definition) is 2. The van der Waals surface area contributed by atoms with Gasteiger partial charge in [0, 0.05) is 11.6 Å². The summed E-state index contributed by atoms with van der Waals surface area (Å²) < 4.78 is 38.6. The Morgan fingerprint density at radius 3 is 2.24 bits per heavy atom. The van der Waals surface area contributed by atoms with Gasteiger partial charge in [0.15, 0.2) is 0 Å². The van der Waals surface area contributed by atoms with Gasteiger partial charge in [-0.2, -0.15) is 13.2 Å². The molecule has 0 heterocycles. The van der Waals surface area contributed by atoms with E-state index in [9.17, 15) is 13.2 Å². The van der Waals surface area contributed by atoms with E-state index in [1.807, 2.05) is 24.3 Å². The van der Waals surface area contributed by atoms with Crippen molar-refractivity contribution in [2.24, 2.45) is 17.4 Å². The maximum Gasteiger partial charge on any atom is 0.416 e. The second-order valence-electron chi connectivity index (χ2n) is 7.55. The van der Waals surface area contributed by atoms with Crippen LogP contribution in [0.5, 0.6) is 0 Å². The van der Waals surface area contributed by atoms with E-state index in [-0.39, 0.29) is 11.6 Å². The molecule has 2 aliphatic rings. The number of nitrogens with two attached hydrogens (primary N) is 2. The molecule has 2 fully saturated rings. The van der Waals surface area contributed by atoms with Crippen molar-refractivity contribution in [1.82, 2.24) is 0 Å². The first-order valence-corrected chi connectivity index (χ1v) is 8.58. The van der Waals surface area contributed by atoms with E-state index in [0.29, 0.717) is 17.4 Å². The quantitative estimate of drug-likeness (QED) is 0.871. The van der Waals surface area contributed by atoms with Crippen LogP contribution in [0.1, 0.15) is 36.3 Å². The highest BCUT2D eigenvalue weighted by atomic mass is 19.4. The van der Waals surface area contributed by atoms with Gasteiger partial charge in [-0.25, -0.2) is 0 Å². The number of halogens is 3. The van der Waals surface area contributed by atoms with E-state index in [2.05, 4.69) is 0 Å². The Hall–Kier alpha value is -1.85. The average Bonchev–Trinajstić information content (AvgIpc) is 3.34. The molecule has 2 aliphatic carbocycles. The predicted octanol–water partition coefficient (Wildman–Crippen LogP) is 4.29. The van der Waals surface area contributed by atoms with E-state index in [4.69, 9.17) is 11.5 Å². The molecule has 0 amide bonds. The molecule has 2 aromatic carbocycles. The largest absolute Gasteiger partial charge is 0.416 e. The molecule has 2 aromatic rings. The molecule has 0 spiro atoms. The predicted molar refractivity (Wildman–Crippen MR) is 91.9 cm³/mol. The SMILES string of the molecule is NC1CC(N)(C2CC2c2ccc(-c3cccc(C(F)(F)F)c3)cc2)C1. The third-order valence-electron chi connectivity index (χ3n) is 5.68. The summed E-state index contributed by atoms with van der Waals surface area (Å²) in [4.78, 5) is 0. The Morgan fingerprint density at radius 2 is 1.64 bits per heavy atom. The Balaban J connectivity index is 1.50. The molecule has 132 valence electrons. The summed E-state index contributed by atoms with van der Waals surface area (Å²) in [6, 6.07) is 13.5. The standard InChI is InChI=1S/C20H21F3N2/c21-20(22,23)15-3-1-2-14(8-15)12-4-6-13(7-5-12)17-9-18(17)19(25)10-16(24)11-19/h1-8,16-18H,9-11,24-25H2. The summed E-state index contributed by atoms with van der Waals surface area (Å²) in [5, 5.41) is 0. The van der Waals surface area contributed by atoms with Crippen molar-refractivity contribution < 1.29 is 13.2 Å². The van der Waals surface area contributed by atoms with Crippen molar-refractivity contribution in [2.45, 2.75) is 42.9 Å². The van der Waals surface area contributed by atoms with Gasteiger partial charge in [0.1, 0.15) is 0 Å². The number of benzene rings is 2. The zero-order chi connectivity index (χ0) is 17.8. The van der Waals surface area contributed by atoms with Gasteiger partial charge in [0.05, 0.1) is 5.56 Å². The lowest BCUT2D eigenvalue weighted by Crippen LogP contribution is -2.59. The molecular formula is C20H21F3N2. The lowest BCUT2D eigenvalue weighted by atomic mass is 9.69. The fraction of sp³-hybridized carbons (Fsp3) is 0.400. The summed E-state index contributed by atoms with van der Waals surface area (Å²) in [5.74, 6) is 0.930. The monoisotopic (exact) mass is 346 g/mol. The van der Waals surface area contributed by atoms with Crippen molar-refractivity contribution in [3.05, 3.63) is 59.7 Å². The Labute approximate surface area is 145 Å². The minimum Gasteiger partial charge on any atom is -0.328 e. The van der Waals surface area contributed by atoms with Gasteiger partial charge in [-0.05, 0) is 59.9 Å². The van der Waals surface area contributed by atoms with Crippen LogP contribution in [0.15, 0.2) is 48.5 Å². The molecule has 4 N–H and O–H groups in total. The van der Waals surface area contributed by atoms with E-state index in [0.717, 1.165) is 30.9 Å². The smallest absolute Gasteiger partial charge is 0.328 e. The first-order valence-electron chi connectivity index (χ1n) is 8.58. The molecule has 0 aromatic heterocycles. The van der Waals surface area contributed by atoms with Crippen molar-refractivity contribution >= 4 is 0 Å². The van der Waals surface area contributed by atoms with E-state index < -0.39 is 11.7 Å².